The fourth-order valence-corrected chi connectivity index (χ4v) is 2.60. The van der Waals surface area contributed by atoms with Crippen molar-refractivity contribution in [1.29, 1.82) is 0 Å². The van der Waals surface area contributed by atoms with Gasteiger partial charge in [-0.3, -0.25) is 14.1 Å². The van der Waals surface area contributed by atoms with Gasteiger partial charge in [-0.25, -0.2) is 0 Å². The van der Waals surface area contributed by atoms with E-state index in [0.29, 0.717) is 29.9 Å². The Morgan fingerprint density at radius 1 is 1.13 bits per heavy atom. The Labute approximate surface area is 131 Å². The Hall–Kier alpha value is -2.49. The molecule has 2 rings (SSSR count). The molecule has 2 unspecified atom stereocenters. The number of nitrogens with zero attached hydrogens (tertiary/aromatic N) is 2. The lowest BCUT2D eigenvalue weighted by Gasteiger charge is -2.27. The van der Waals surface area contributed by atoms with Crippen molar-refractivity contribution in [2.45, 2.75) is 11.0 Å². The normalized spacial score (nSPS) is 24.4. The number of carbonyl (C=O) groups is 2. The average Bonchev–Trinajstić information content (AvgIpc) is 2.53. The third-order valence-corrected chi connectivity index (χ3v) is 4.33. The number of hydrogen-bond acceptors (Lipinski definition) is 7. The zero-order valence-corrected chi connectivity index (χ0v) is 12.4. The maximum atomic E-state index is 11.4. The molecule has 0 aliphatic heterocycles. The topological polar surface area (TPSA) is 133 Å². The molecule has 1 aromatic rings. The maximum absolute atomic E-state index is 11.4. The first-order valence-electron chi connectivity index (χ1n) is 6.32. The molecule has 0 bridgehead atoms. The summed E-state index contributed by atoms with van der Waals surface area (Å²) in [4.78, 5) is 18.5. The molecule has 1 aromatic carbocycles. The summed E-state index contributed by atoms with van der Waals surface area (Å²) in [7, 11) is -4.96. The Morgan fingerprint density at radius 2 is 1.78 bits per heavy atom. The molecule has 2 N–H and O–H groups in total. The first-order chi connectivity index (χ1) is 10.8. The lowest BCUT2D eigenvalue weighted by atomic mass is 10.0. The molecule has 0 aromatic heterocycles. The number of allylic oxidation sites excluding steroid dienone is 2. The molecule has 0 fully saturated rings. The van der Waals surface area contributed by atoms with Gasteiger partial charge in [0.15, 0.2) is 0 Å². The Kier molecular flexibility index (Phi) is 4.64. The van der Waals surface area contributed by atoms with Crippen LogP contribution in [0.3, 0.4) is 0 Å². The van der Waals surface area contributed by atoms with Crippen molar-refractivity contribution < 1.29 is 27.7 Å². The molecule has 0 saturated carbocycles. The van der Waals surface area contributed by atoms with Crippen LogP contribution in [0, 0.1) is 0 Å². The summed E-state index contributed by atoms with van der Waals surface area (Å²) in [6.07, 6.45) is 4.08. The largest absolute Gasteiger partial charge is 0.367 e. The maximum Gasteiger partial charge on any atom is 0.301 e. The number of carbonyl (C=O) groups excluding carboxylic acids is 2. The van der Waals surface area contributed by atoms with Gasteiger partial charge in [-0.15, -0.1) is 0 Å². The monoisotopic (exact) mass is 336 g/mol. The molecule has 120 valence electrons. The van der Waals surface area contributed by atoms with Gasteiger partial charge < -0.3 is 5.11 Å². The van der Waals surface area contributed by atoms with Gasteiger partial charge in [0.05, 0.1) is 5.69 Å². The van der Waals surface area contributed by atoms with Crippen molar-refractivity contribution in [1.82, 2.24) is 0 Å². The second kappa shape index (κ2) is 6.32. The van der Waals surface area contributed by atoms with E-state index in [0.717, 1.165) is 6.08 Å². The molecule has 0 radical (unpaired) electrons. The summed E-state index contributed by atoms with van der Waals surface area (Å²) >= 11 is 0. The van der Waals surface area contributed by atoms with Gasteiger partial charge >= 0.3 is 10.1 Å². The molecular weight excluding hydrogens is 324 g/mol. The summed E-state index contributed by atoms with van der Waals surface area (Å²) in [6.45, 7) is 0. The molecule has 0 saturated heterocycles. The molecule has 2 atom stereocenters. The standard InChI is InChI=1S/C14H12N2O6S/c17-8-10-1-4-12(5-2-10)15-16-13-6-3-11(9-18)7-14(13,19)23(20,21)22/h1-9,13,19H,(H,20,21,22). The van der Waals surface area contributed by atoms with Crippen LogP contribution in [-0.2, 0) is 14.9 Å². The highest BCUT2D eigenvalue weighted by molar-refractivity contribution is 7.87. The van der Waals surface area contributed by atoms with E-state index in [4.69, 9.17) is 0 Å². The van der Waals surface area contributed by atoms with Crippen LogP contribution in [-0.4, -0.2) is 41.6 Å². The van der Waals surface area contributed by atoms with E-state index in [9.17, 15) is 27.7 Å². The molecule has 0 amide bonds. The second-order valence-corrected chi connectivity index (χ2v) is 6.32. The Bertz CT molecular complexity index is 810. The highest BCUT2D eigenvalue weighted by Gasteiger charge is 2.47. The fraction of sp³-hybridized carbons (Fsp3) is 0.143. The van der Waals surface area contributed by atoms with Crippen molar-refractivity contribution in [3.05, 3.63) is 53.6 Å². The average molecular weight is 336 g/mol. The van der Waals surface area contributed by atoms with Crippen LogP contribution in [0.2, 0.25) is 0 Å². The number of aliphatic hydroxyl groups is 1. The number of azo groups is 1. The van der Waals surface area contributed by atoms with Crippen molar-refractivity contribution in [2.24, 2.45) is 10.2 Å². The highest BCUT2D eigenvalue weighted by atomic mass is 32.2. The van der Waals surface area contributed by atoms with Gasteiger partial charge in [-0.05, 0) is 30.3 Å². The van der Waals surface area contributed by atoms with E-state index < -0.39 is 21.1 Å². The summed E-state index contributed by atoms with van der Waals surface area (Å²) in [6, 6.07) is 4.47. The van der Waals surface area contributed by atoms with Crippen LogP contribution >= 0.6 is 0 Å². The molecule has 23 heavy (non-hydrogen) atoms. The summed E-state index contributed by atoms with van der Waals surface area (Å²) < 4.78 is 32.1. The fourth-order valence-electron chi connectivity index (χ4n) is 1.88. The highest BCUT2D eigenvalue weighted by Crippen LogP contribution is 2.29. The van der Waals surface area contributed by atoms with Crippen LogP contribution in [0.25, 0.3) is 0 Å². The predicted octanol–water partition coefficient (Wildman–Crippen LogP) is 1.22. The summed E-state index contributed by atoms with van der Waals surface area (Å²) in [5.41, 5.74) is 0.619. The minimum absolute atomic E-state index is 0.119. The third-order valence-electron chi connectivity index (χ3n) is 3.14. The van der Waals surface area contributed by atoms with E-state index in [1.807, 2.05) is 0 Å². The Balaban J connectivity index is 2.35. The van der Waals surface area contributed by atoms with Crippen LogP contribution < -0.4 is 0 Å². The van der Waals surface area contributed by atoms with Crippen molar-refractivity contribution in [3.63, 3.8) is 0 Å². The van der Waals surface area contributed by atoms with E-state index >= 15 is 0 Å². The van der Waals surface area contributed by atoms with Gasteiger partial charge in [-0.1, -0.05) is 12.2 Å². The van der Waals surface area contributed by atoms with Gasteiger partial charge in [0.25, 0.3) is 0 Å². The van der Waals surface area contributed by atoms with Gasteiger partial charge in [0.1, 0.15) is 18.6 Å². The molecule has 8 nitrogen and oxygen atoms in total. The molecule has 0 spiro atoms. The molecular formula is C14H12N2O6S. The number of aldehydes is 2. The van der Waals surface area contributed by atoms with Gasteiger partial charge in [0, 0.05) is 11.1 Å². The lowest BCUT2D eigenvalue weighted by Crippen LogP contribution is -2.47. The number of hydrogen-bond donors (Lipinski definition) is 2. The van der Waals surface area contributed by atoms with Crippen LogP contribution in [0.5, 0.6) is 0 Å². The zero-order valence-electron chi connectivity index (χ0n) is 11.6. The molecule has 1 aliphatic rings. The van der Waals surface area contributed by atoms with Gasteiger partial charge in [-0.2, -0.15) is 18.6 Å². The second-order valence-electron chi connectivity index (χ2n) is 4.72. The lowest BCUT2D eigenvalue weighted by molar-refractivity contribution is -0.104. The van der Waals surface area contributed by atoms with Gasteiger partial charge in [0.2, 0.25) is 4.93 Å². The van der Waals surface area contributed by atoms with Crippen LogP contribution in [0.1, 0.15) is 10.4 Å². The van der Waals surface area contributed by atoms with E-state index in [1.54, 1.807) is 0 Å². The van der Waals surface area contributed by atoms with E-state index in [2.05, 4.69) is 10.2 Å². The van der Waals surface area contributed by atoms with Crippen molar-refractivity contribution in [3.8, 4) is 0 Å². The minimum Gasteiger partial charge on any atom is -0.367 e. The molecule has 9 heteroatoms. The van der Waals surface area contributed by atoms with Crippen molar-refractivity contribution >= 4 is 28.4 Å². The minimum atomic E-state index is -4.96. The summed E-state index contributed by atoms with van der Waals surface area (Å²) in [5.74, 6) is 0. The predicted molar refractivity (Wildman–Crippen MR) is 79.9 cm³/mol. The molecule has 1 aliphatic carbocycles. The summed E-state index contributed by atoms with van der Waals surface area (Å²) in [5, 5.41) is 17.7. The van der Waals surface area contributed by atoms with E-state index in [-0.39, 0.29) is 5.57 Å². The quantitative estimate of drug-likeness (QED) is 0.472. The van der Waals surface area contributed by atoms with Crippen molar-refractivity contribution in [2.75, 3.05) is 0 Å². The number of benzene rings is 1. The first kappa shape index (κ1) is 16.9. The van der Waals surface area contributed by atoms with Crippen LogP contribution in [0.4, 0.5) is 5.69 Å². The molecule has 0 heterocycles. The third kappa shape index (κ3) is 3.47. The first-order valence-corrected chi connectivity index (χ1v) is 7.76. The smallest absolute Gasteiger partial charge is 0.301 e. The van der Waals surface area contributed by atoms with E-state index in [1.165, 1.54) is 30.3 Å². The van der Waals surface area contributed by atoms with Crippen LogP contribution in [0.15, 0.2) is 58.3 Å². The zero-order chi connectivity index (χ0) is 17.1. The SMILES string of the molecule is O=CC1=CC(O)(S(=O)(=O)O)C(N=Nc2ccc(C=O)cc2)C=C1. The number of rotatable bonds is 5. The Morgan fingerprint density at radius 3 is 2.30 bits per heavy atom.